The highest BCUT2D eigenvalue weighted by atomic mass is 19.1. The Hall–Kier alpha value is -1.17. The molecule has 1 atom stereocenters. The third kappa shape index (κ3) is 4.15. The molecule has 21 heavy (non-hydrogen) atoms. The zero-order valence-corrected chi connectivity index (χ0v) is 12.5. The van der Waals surface area contributed by atoms with Crippen LogP contribution in [0.5, 0.6) is 5.75 Å². The fraction of sp³-hybridized carbons (Fsp3) is 0.625. The molecule has 2 N–H and O–H groups in total. The number of hydrogen-bond acceptors (Lipinski definition) is 4. The Labute approximate surface area is 125 Å². The maximum Gasteiger partial charge on any atom is 0.132 e. The number of halogens is 1. The monoisotopic (exact) mass is 297 g/mol. The van der Waals surface area contributed by atoms with Gasteiger partial charge in [0, 0.05) is 13.2 Å². The van der Waals surface area contributed by atoms with E-state index < -0.39 is 11.9 Å². The van der Waals surface area contributed by atoms with E-state index in [-0.39, 0.29) is 12.2 Å². The lowest BCUT2D eigenvalue weighted by atomic mass is 9.97. The van der Waals surface area contributed by atoms with Crippen molar-refractivity contribution in [2.24, 2.45) is 5.92 Å². The van der Waals surface area contributed by atoms with Gasteiger partial charge in [0.15, 0.2) is 0 Å². The van der Waals surface area contributed by atoms with Crippen LogP contribution in [-0.2, 0) is 0 Å². The molecule has 1 heterocycles. The van der Waals surface area contributed by atoms with Crippen molar-refractivity contribution < 1.29 is 19.3 Å². The van der Waals surface area contributed by atoms with Gasteiger partial charge >= 0.3 is 0 Å². The number of rotatable bonds is 6. The molecule has 0 bridgehead atoms. The average Bonchev–Trinajstić information content (AvgIpc) is 2.52. The number of ether oxygens (including phenoxy) is 1. The summed E-state index contributed by atoms with van der Waals surface area (Å²) in [6.45, 7) is 2.82. The van der Waals surface area contributed by atoms with Gasteiger partial charge in [-0.25, -0.2) is 4.39 Å². The summed E-state index contributed by atoms with van der Waals surface area (Å²) < 4.78 is 19.0. The molecule has 1 aliphatic heterocycles. The minimum Gasteiger partial charge on any atom is -0.496 e. The predicted molar refractivity (Wildman–Crippen MR) is 78.8 cm³/mol. The first-order chi connectivity index (χ1) is 10.2. The van der Waals surface area contributed by atoms with E-state index in [0.717, 1.165) is 32.5 Å². The van der Waals surface area contributed by atoms with Crippen LogP contribution in [0, 0.1) is 11.7 Å². The van der Waals surface area contributed by atoms with Gasteiger partial charge in [-0.2, -0.15) is 0 Å². The molecule has 1 aromatic rings. The van der Waals surface area contributed by atoms with Gasteiger partial charge in [-0.05, 0) is 50.4 Å². The highest BCUT2D eigenvalue weighted by Gasteiger charge is 2.22. The Bertz CT molecular complexity index is 447. The lowest BCUT2D eigenvalue weighted by molar-refractivity contribution is 0.102. The van der Waals surface area contributed by atoms with E-state index in [1.54, 1.807) is 12.1 Å². The van der Waals surface area contributed by atoms with Crippen LogP contribution in [0.15, 0.2) is 18.2 Å². The molecule has 1 aliphatic rings. The van der Waals surface area contributed by atoms with Crippen molar-refractivity contribution >= 4 is 0 Å². The van der Waals surface area contributed by atoms with Gasteiger partial charge in [-0.3, -0.25) is 0 Å². The number of methoxy groups -OCH3 is 1. The zero-order chi connectivity index (χ0) is 15.2. The molecule has 1 unspecified atom stereocenters. The Balaban J connectivity index is 1.89. The van der Waals surface area contributed by atoms with Crippen LogP contribution in [0.3, 0.4) is 0 Å². The first-order valence-electron chi connectivity index (χ1n) is 7.49. The number of nitrogens with zero attached hydrogens (tertiary/aromatic N) is 1. The molecule has 1 saturated heterocycles. The Morgan fingerprint density at radius 2 is 2.10 bits per heavy atom. The number of likely N-dealkylation sites (tertiary alicyclic amines) is 1. The quantitative estimate of drug-likeness (QED) is 0.843. The van der Waals surface area contributed by atoms with Crippen LogP contribution in [0.4, 0.5) is 4.39 Å². The van der Waals surface area contributed by atoms with Crippen LogP contribution < -0.4 is 4.74 Å². The summed E-state index contributed by atoms with van der Waals surface area (Å²) in [6.07, 6.45) is 1.57. The fourth-order valence-electron chi connectivity index (χ4n) is 2.86. The number of piperidine rings is 1. The Morgan fingerprint density at radius 1 is 1.38 bits per heavy atom. The number of aliphatic hydroxyl groups excluding tert-OH is 2. The minimum atomic E-state index is -0.864. The zero-order valence-electron chi connectivity index (χ0n) is 12.5. The van der Waals surface area contributed by atoms with E-state index in [0.29, 0.717) is 18.1 Å². The lowest BCUT2D eigenvalue weighted by Gasteiger charge is -2.31. The van der Waals surface area contributed by atoms with Crippen molar-refractivity contribution in [1.82, 2.24) is 4.90 Å². The summed E-state index contributed by atoms with van der Waals surface area (Å²) in [6, 6.07) is 4.58. The largest absolute Gasteiger partial charge is 0.496 e. The second-order valence-corrected chi connectivity index (χ2v) is 5.63. The van der Waals surface area contributed by atoms with Gasteiger partial charge in [-0.1, -0.05) is 6.07 Å². The lowest BCUT2D eigenvalue weighted by Crippen LogP contribution is -2.35. The third-order valence-corrected chi connectivity index (χ3v) is 4.25. The highest BCUT2D eigenvalue weighted by molar-refractivity contribution is 5.36. The van der Waals surface area contributed by atoms with Gasteiger partial charge < -0.3 is 19.8 Å². The van der Waals surface area contributed by atoms with Crippen LogP contribution >= 0.6 is 0 Å². The molecule has 2 rings (SSSR count). The van der Waals surface area contributed by atoms with Crippen molar-refractivity contribution in [3.63, 3.8) is 0 Å². The van der Waals surface area contributed by atoms with E-state index in [4.69, 9.17) is 9.84 Å². The van der Waals surface area contributed by atoms with Gasteiger partial charge in [0.25, 0.3) is 0 Å². The summed E-state index contributed by atoms with van der Waals surface area (Å²) in [7, 11) is 1.48. The third-order valence-electron chi connectivity index (χ3n) is 4.25. The second kappa shape index (κ2) is 7.73. The topological polar surface area (TPSA) is 52.9 Å². The molecular formula is C16H24FNO3. The summed E-state index contributed by atoms with van der Waals surface area (Å²) in [5.41, 5.74) is 0.241. The van der Waals surface area contributed by atoms with Crippen LogP contribution in [0.1, 0.15) is 30.9 Å². The summed E-state index contributed by atoms with van der Waals surface area (Å²) in [4.78, 5) is 2.25. The van der Waals surface area contributed by atoms with E-state index in [1.165, 1.54) is 13.2 Å². The molecular weight excluding hydrogens is 273 g/mol. The molecule has 0 radical (unpaired) electrons. The average molecular weight is 297 g/mol. The normalized spacial score (nSPS) is 18.7. The molecule has 118 valence electrons. The van der Waals surface area contributed by atoms with E-state index in [9.17, 15) is 9.50 Å². The molecule has 0 aliphatic carbocycles. The summed E-state index contributed by atoms with van der Waals surface area (Å²) in [5, 5.41) is 19.4. The minimum absolute atomic E-state index is 0.241. The second-order valence-electron chi connectivity index (χ2n) is 5.63. The molecule has 1 aromatic carbocycles. The summed E-state index contributed by atoms with van der Waals surface area (Å²) in [5.74, 6) is 0.361. The van der Waals surface area contributed by atoms with Crippen molar-refractivity contribution in [2.75, 3.05) is 33.4 Å². The highest BCUT2D eigenvalue weighted by Crippen LogP contribution is 2.30. The SMILES string of the molecule is COc1cccc(F)c1C(O)CCN1CCC(CO)CC1. The van der Waals surface area contributed by atoms with E-state index in [1.807, 2.05) is 0 Å². The van der Waals surface area contributed by atoms with Gasteiger partial charge in [0.2, 0.25) is 0 Å². The molecule has 0 aromatic heterocycles. The summed E-state index contributed by atoms with van der Waals surface area (Å²) >= 11 is 0. The Kier molecular flexibility index (Phi) is 5.96. The van der Waals surface area contributed by atoms with Crippen molar-refractivity contribution in [2.45, 2.75) is 25.4 Å². The first-order valence-corrected chi connectivity index (χ1v) is 7.49. The molecule has 0 saturated carbocycles. The molecule has 1 fully saturated rings. The standard InChI is InChI=1S/C16H24FNO3/c1-21-15-4-2-3-13(17)16(15)14(20)7-10-18-8-5-12(11-19)6-9-18/h2-4,12,14,19-20H,5-11H2,1H3. The first kappa shape index (κ1) is 16.2. The Morgan fingerprint density at radius 3 is 2.71 bits per heavy atom. The van der Waals surface area contributed by atoms with Crippen LogP contribution in [0.25, 0.3) is 0 Å². The van der Waals surface area contributed by atoms with Crippen LogP contribution in [0.2, 0.25) is 0 Å². The molecule has 0 spiro atoms. The predicted octanol–water partition coefficient (Wildman–Crippen LogP) is 1.96. The molecule has 5 heteroatoms. The van der Waals surface area contributed by atoms with Crippen molar-refractivity contribution in [3.05, 3.63) is 29.6 Å². The van der Waals surface area contributed by atoms with E-state index >= 15 is 0 Å². The van der Waals surface area contributed by atoms with E-state index in [2.05, 4.69) is 4.90 Å². The maximum absolute atomic E-state index is 13.9. The fourth-order valence-corrected chi connectivity index (χ4v) is 2.86. The smallest absolute Gasteiger partial charge is 0.132 e. The number of benzene rings is 1. The van der Waals surface area contributed by atoms with Gasteiger partial charge in [0.05, 0.1) is 18.8 Å². The van der Waals surface area contributed by atoms with Crippen molar-refractivity contribution in [3.8, 4) is 5.75 Å². The molecule has 4 nitrogen and oxygen atoms in total. The van der Waals surface area contributed by atoms with Gasteiger partial charge in [0.1, 0.15) is 11.6 Å². The van der Waals surface area contributed by atoms with Crippen LogP contribution in [-0.4, -0.2) is 48.5 Å². The number of hydrogen-bond donors (Lipinski definition) is 2. The van der Waals surface area contributed by atoms with Gasteiger partial charge in [-0.15, -0.1) is 0 Å². The number of aliphatic hydroxyl groups is 2. The van der Waals surface area contributed by atoms with Crippen molar-refractivity contribution in [1.29, 1.82) is 0 Å². The molecule has 0 amide bonds. The maximum atomic E-state index is 13.9.